The van der Waals surface area contributed by atoms with E-state index in [0.717, 1.165) is 11.3 Å². The van der Waals surface area contributed by atoms with Crippen LogP contribution in [0.2, 0.25) is 0 Å². The molecule has 1 amide bonds. The molecule has 0 bridgehead atoms. The number of carboxylic acids is 1. The first-order valence-electron chi connectivity index (χ1n) is 6.90. The van der Waals surface area contributed by atoms with E-state index in [2.05, 4.69) is 15.6 Å². The number of rotatable bonds is 6. The summed E-state index contributed by atoms with van der Waals surface area (Å²) in [5, 5.41) is 19.3. The van der Waals surface area contributed by atoms with Crippen LogP contribution in [0.25, 0.3) is 5.69 Å². The van der Waals surface area contributed by atoms with Gasteiger partial charge >= 0.3 is 5.97 Å². The van der Waals surface area contributed by atoms with Gasteiger partial charge in [-0.25, -0.2) is 9.48 Å². The summed E-state index contributed by atoms with van der Waals surface area (Å²) in [7, 11) is 1.36. The molecular weight excluding hydrogens is 300 g/mol. The Balaban J connectivity index is 2.18. The van der Waals surface area contributed by atoms with Crippen molar-refractivity contribution < 1.29 is 19.4 Å². The number of aryl methyl sites for hydroxylation is 1. The van der Waals surface area contributed by atoms with Gasteiger partial charge in [0.15, 0.2) is 11.2 Å². The van der Waals surface area contributed by atoms with Gasteiger partial charge in [0, 0.05) is 7.11 Å². The van der Waals surface area contributed by atoms with Crippen LogP contribution >= 0.6 is 0 Å². The first-order valence-corrected chi connectivity index (χ1v) is 6.90. The van der Waals surface area contributed by atoms with Gasteiger partial charge in [0.1, 0.15) is 0 Å². The van der Waals surface area contributed by atoms with Crippen LogP contribution in [0.15, 0.2) is 30.5 Å². The molecule has 0 aliphatic heterocycles. The van der Waals surface area contributed by atoms with Crippen molar-refractivity contribution in [3.8, 4) is 5.69 Å². The van der Waals surface area contributed by atoms with E-state index in [1.54, 1.807) is 0 Å². The molecule has 0 saturated carbocycles. The maximum absolute atomic E-state index is 12.2. The third-order valence-corrected chi connectivity index (χ3v) is 3.32. The summed E-state index contributed by atoms with van der Waals surface area (Å²) < 4.78 is 6.30. The summed E-state index contributed by atoms with van der Waals surface area (Å²) in [5.41, 5.74) is 0.331. The molecule has 0 fully saturated rings. The molecule has 0 spiro atoms. The van der Waals surface area contributed by atoms with E-state index < -0.39 is 17.4 Å². The van der Waals surface area contributed by atoms with Crippen molar-refractivity contribution in [2.45, 2.75) is 19.4 Å². The minimum atomic E-state index is -1.54. The summed E-state index contributed by atoms with van der Waals surface area (Å²) in [6.45, 7) is 3.16. The molecule has 0 aliphatic carbocycles. The lowest BCUT2D eigenvalue weighted by Crippen LogP contribution is -2.55. The second-order valence-electron chi connectivity index (χ2n) is 5.41. The normalized spacial score (nSPS) is 13.3. The number of benzene rings is 1. The molecule has 1 aromatic heterocycles. The monoisotopic (exact) mass is 318 g/mol. The predicted molar refractivity (Wildman–Crippen MR) is 81.5 cm³/mol. The lowest BCUT2D eigenvalue weighted by Gasteiger charge is -2.24. The summed E-state index contributed by atoms with van der Waals surface area (Å²) in [5.74, 6) is -1.83. The van der Waals surface area contributed by atoms with Crippen LogP contribution in [0.4, 0.5) is 0 Å². The zero-order chi connectivity index (χ0) is 17.0. The molecule has 8 heteroatoms. The number of aromatic nitrogens is 3. The standard InChI is InChI=1S/C15H18N4O4/c1-10-4-6-11(7-5-10)19-8-12(17-18-19)13(20)16-15(2,9-23-3)14(21)22/h4-8H,9H2,1-3H3,(H,16,20)(H,21,22). The number of aliphatic carboxylic acids is 1. The van der Waals surface area contributed by atoms with Crippen molar-refractivity contribution in [1.29, 1.82) is 0 Å². The lowest BCUT2D eigenvalue weighted by atomic mass is 10.0. The first-order chi connectivity index (χ1) is 10.9. The van der Waals surface area contributed by atoms with Gasteiger partial charge in [0.05, 0.1) is 18.5 Å². The van der Waals surface area contributed by atoms with Crippen molar-refractivity contribution in [3.63, 3.8) is 0 Å². The number of ether oxygens (including phenoxy) is 1. The molecule has 2 N–H and O–H groups in total. The van der Waals surface area contributed by atoms with E-state index in [0.29, 0.717) is 0 Å². The summed E-state index contributed by atoms with van der Waals surface area (Å²) in [6.07, 6.45) is 1.44. The molecule has 23 heavy (non-hydrogen) atoms. The Kier molecular flexibility index (Phi) is 4.75. The van der Waals surface area contributed by atoms with Gasteiger partial charge in [0.2, 0.25) is 0 Å². The molecule has 0 radical (unpaired) electrons. The maximum Gasteiger partial charge on any atom is 0.331 e. The van der Waals surface area contributed by atoms with Crippen molar-refractivity contribution in [3.05, 3.63) is 41.7 Å². The molecule has 1 aromatic carbocycles. The Morgan fingerprint density at radius 3 is 2.57 bits per heavy atom. The first kappa shape index (κ1) is 16.6. The second kappa shape index (κ2) is 6.57. The summed E-state index contributed by atoms with van der Waals surface area (Å²) in [6, 6.07) is 7.52. The van der Waals surface area contributed by atoms with Crippen LogP contribution in [0.5, 0.6) is 0 Å². The molecule has 2 aromatic rings. The molecule has 2 rings (SSSR count). The zero-order valence-electron chi connectivity index (χ0n) is 13.1. The van der Waals surface area contributed by atoms with Gasteiger partial charge in [-0.15, -0.1) is 5.10 Å². The molecular formula is C15H18N4O4. The Labute approximate surface area is 133 Å². The highest BCUT2D eigenvalue weighted by Crippen LogP contribution is 2.10. The van der Waals surface area contributed by atoms with Crippen molar-refractivity contribution >= 4 is 11.9 Å². The van der Waals surface area contributed by atoms with Crippen LogP contribution in [0.1, 0.15) is 23.0 Å². The fourth-order valence-corrected chi connectivity index (χ4v) is 1.95. The minimum Gasteiger partial charge on any atom is -0.479 e. The molecule has 0 aliphatic rings. The molecule has 1 atom stereocenters. The Morgan fingerprint density at radius 2 is 2.00 bits per heavy atom. The molecule has 122 valence electrons. The Hall–Kier alpha value is -2.74. The van der Waals surface area contributed by atoms with Gasteiger partial charge in [-0.2, -0.15) is 0 Å². The van der Waals surface area contributed by atoms with E-state index in [1.165, 1.54) is 24.9 Å². The van der Waals surface area contributed by atoms with Crippen molar-refractivity contribution in [2.75, 3.05) is 13.7 Å². The third kappa shape index (κ3) is 3.72. The number of amides is 1. The number of methoxy groups -OCH3 is 1. The molecule has 1 heterocycles. The van der Waals surface area contributed by atoms with Crippen LogP contribution in [0.3, 0.4) is 0 Å². The predicted octanol–water partition coefficient (Wildman–Crippen LogP) is 0.795. The smallest absolute Gasteiger partial charge is 0.331 e. The fraction of sp³-hybridized carbons (Fsp3) is 0.333. The topological polar surface area (TPSA) is 106 Å². The highest BCUT2D eigenvalue weighted by atomic mass is 16.5. The number of nitrogens with zero attached hydrogens (tertiary/aromatic N) is 3. The van der Waals surface area contributed by atoms with Crippen LogP contribution in [-0.4, -0.2) is 51.2 Å². The number of carbonyl (C=O) groups is 2. The van der Waals surface area contributed by atoms with Crippen LogP contribution in [-0.2, 0) is 9.53 Å². The zero-order valence-corrected chi connectivity index (χ0v) is 13.1. The van der Waals surface area contributed by atoms with Crippen molar-refractivity contribution in [2.24, 2.45) is 0 Å². The second-order valence-corrected chi connectivity index (χ2v) is 5.41. The SMILES string of the molecule is COCC(C)(NC(=O)c1cn(-c2ccc(C)cc2)nn1)C(=O)O. The van der Waals surface area contributed by atoms with Crippen molar-refractivity contribution in [1.82, 2.24) is 20.3 Å². The van der Waals surface area contributed by atoms with E-state index in [4.69, 9.17) is 4.74 Å². The number of carbonyl (C=O) groups excluding carboxylic acids is 1. The maximum atomic E-state index is 12.2. The average Bonchev–Trinajstić information content (AvgIpc) is 2.98. The van der Waals surface area contributed by atoms with E-state index in [-0.39, 0.29) is 12.3 Å². The average molecular weight is 318 g/mol. The molecule has 1 unspecified atom stereocenters. The Bertz CT molecular complexity index is 711. The van der Waals surface area contributed by atoms with Crippen LogP contribution < -0.4 is 5.32 Å². The van der Waals surface area contributed by atoms with Gasteiger partial charge in [-0.05, 0) is 26.0 Å². The highest BCUT2D eigenvalue weighted by molar-refractivity contribution is 5.96. The van der Waals surface area contributed by atoms with Gasteiger partial charge in [0.25, 0.3) is 5.91 Å². The van der Waals surface area contributed by atoms with Gasteiger partial charge < -0.3 is 15.2 Å². The highest BCUT2D eigenvalue weighted by Gasteiger charge is 2.35. The molecule has 0 saturated heterocycles. The largest absolute Gasteiger partial charge is 0.479 e. The quantitative estimate of drug-likeness (QED) is 0.816. The van der Waals surface area contributed by atoms with Crippen LogP contribution in [0, 0.1) is 6.92 Å². The molecule has 8 nitrogen and oxygen atoms in total. The van der Waals surface area contributed by atoms with E-state index in [1.807, 2.05) is 31.2 Å². The minimum absolute atomic E-state index is 0.0224. The number of nitrogens with one attached hydrogen (secondary N) is 1. The number of carboxylic acid groups (broad SMARTS) is 1. The summed E-state index contributed by atoms with van der Waals surface area (Å²) >= 11 is 0. The van der Waals surface area contributed by atoms with Gasteiger partial charge in [-0.1, -0.05) is 22.9 Å². The Morgan fingerprint density at radius 1 is 1.35 bits per heavy atom. The number of hydrogen-bond acceptors (Lipinski definition) is 5. The van der Waals surface area contributed by atoms with E-state index >= 15 is 0 Å². The fourth-order valence-electron chi connectivity index (χ4n) is 1.95. The lowest BCUT2D eigenvalue weighted by molar-refractivity contribution is -0.145. The van der Waals surface area contributed by atoms with E-state index in [9.17, 15) is 14.7 Å². The third-order valence-electron chi connectivity index (χ3n) is 3.32. The summed E-state index contributed by atoms with van der Waals surface area (Å²) in [4.78, 5) is 23.5. The van der Waals surface area contributed by atoms with Gasteiger partial charge in [-0.3, -0.25) is 4.79 Å². The number of hydrogen-bond donors (Lipinski definition) is 2.